The fraction of sp³-hybridized carbons (Fsp3) is 0.538. The molecule has 0 bridgehead atoms. The molecule has 1 aliphatic carbocycles. The molecule has 1 aromatic rings. The smallest absolute Gasteiger partial charge is 0.347 e. The van der Waals surface area contributed by atoms with E-state index >= 15 is 0 Å². The molecule has 1 aliphatic rings. The van der Waals surface area contributed by atoms with Crippen LogP contribution in [0.25, 0.3) is 0 Å². The van der Waals surface area contributed by atoms with E-state index in [-0.39, 0.29) is 12.1 Å². The fourth-order valence-corrected chi connectivity index (χ4v) is 2.82. The van der Waals surface area contributed by atoms with Gasteiger partial charge in [0.25, 0.3) is 5.91 Å². The zero-order valence-corrected chi connectivity index (χ0v) is 12.2. The first-order chi connectivity index (χ1) is 9.38. The molecule has 7 heteroatoms. The monoisotopic (exact) mass is 350 g/mol. The summed E-state index contributed by atoms with van der Waals surface area (Å²) in [6.07, 6.45) is -2.61. The molecule has 2 unspecified atom stereocenters. The quantitative estimate of drug-likeness (QED) is 0.826. The van der Waals surface area contributed by atoms with Crippen molar-refractivity contribution in [1.29, 1.82) is 0 Å². The fourth-order valence-electron chi connectivity index (χ4n) is 2.47. The van der Waals surface area contributed by atoms with Crippen molar-refractivity contribution in [2.24, 2.45) is 5.92 Å². The molecule has 110 valence electrons. The van der Waals surface area contributed by atoms with E-state index in [1.165, 1.54) is 6.07 Å². The van der Waals surface area contributed by atoms with Gasteiger partial charge in [0.2, 0.25) is 0 Å². The molecule has 1 saturated carbocycles. The summed E-state index contributed by atoms with van der Waals surface area (Å²) in [5.41, 5.74) is 0.117. The van der Waals surface area contributed by atoms with Crippen molar-refractivity contribution < 1.29 is 18.0 Å². The number of rotatable bonds is 2. The maximum Gasteiger partial charge on any atom is 0.393 e. The number of carbonyl (C=O) groups excluding carboxylic acids is 1. The lowest BCUT2D eigenvalue weighted by atomic mass is 9.84. The lowest BCUT2D eigenvalue weighted by Crippen LogP contribution is -2.47. The van der Waals surface area contributed by atoms with Crippen LogP contribution in [0.2, 0.25) is 0 Å². The van der Waals surface area contributed by atoms with Crippen LogP contribution in [0.5, 0.6) is 0 Å². The summed E-state index contributed by atoms with van der Waals surface area (Å²) >= 11 is 3.13. The number of alkyl halides is 3. The van der Waals surface area contributed by atoms with E-state index in [4.69, 9.17) is 0 Å². The molecule has 0 radical (unpaired) electrons. The Bertz CT molecular complexity index is 493. The van der Waals surface area contributed by atoms with Gasteiger partial charge in [0.1, 0.15) is 10.3 Å². The molecule has 1 amide bonds. The minimum Gasteiger partial charge on any atom is -0.347 e. The van der Waals surface area contributed by atoms with E-state index in [0.717, 1.165) is 0 Å². The Hall–Kier alpha value is -1.11. The largest absolute Gasteiger partial charge is 0.393 e. The van der Waals surface area contributed by atoms with E-state index in [1.54, 1.807) is 12.1 Å². The Kier molecular flexibility index (Phi) is 4.67. The van der Waals surface area contributed by atoms with E-state index in [2.05, 4.69) is 26.2 Å². The molecule has 2 atom stereocenters. The van der Waals surface area contributed by atoms with Gasteiger partial charge in [-0.1, -0.05) is 18.9 Å². The molecule has 3 nitrogen and oxygen atoms in total. The number of carbonyl (C=O) groups is 1. The summed E-state index contributed by atoms with van der Waals surface area (Å²) in [5, 5.41) is 2.48. The molecule has 1 N–H and O–H groups in total. The van der Waals surface area contributed by atoms with Gasteiger partial charge in [-0.3, -0.25) is 4.79 Å². The summed E-state index contributed by atoms with van der Waals surface area (Å²) in [6.45, 7) is 0. The van der Waals surface area contributed by atoms with Crippen molar-refractivity contribution in [2.45, 2.75) is 37.9 Å². The third-order valence-corrected chi connectivity index (χ3v) is 3.89. The number of halogens is 4. The summed E-state index contributed by atoms with van der Waals surface area (Å²) in [6, 6.07) is 3.88. The molecule has 0 aromatic carbocycles. The van der Waals surface area contributed by atoms with Gasteiger partial charge in [-0.05, 0) is 40.9 Å². The lowest BCUT2D eigenvalue weighted by Gasteiger charge is -2.33. The van der Waals surface area contributed by atoms with Crippen LogP contribution in [0.1, 0.15) is 36.2 Å². The second kappa shape index (κ2) is 6.11. The average molecular weight is 351 g/mol. The van der Waals surface area contributed by atoms with E-state index in [9.17, 15) is 18.0 Å². The number of nitrogens with zero attached hydrogens (tertiary/aromatic N) is 1. The normalized spacial score (nSPS) is 23.4. The Morgan fingerprint density at radius 1 is 1.30 bits per heavy atom. The molecule has 1 fully saturated rings. The lowest BCUT2D eigenvalue weighted by molar-refractivity contribution is -0.187. The zero-order valence-electron chi connectivity index (χ0n) is 10.6. The first-order valence-corrected chi connectivity index (χ1v) is 7.17. The van der Waals surface area contributed by atoms with Crippen molar-refractivity contribution in [3.05, 3.63) is 28.5 Å². The summed E-state index contributed by atoms with van der Waals surface area (Å²) in [7, 11) is 0. The van der Waals surface area contributed by atoms with Crippen molar-refractivity contribution in [1.82, 2.24) is 10.3 Å². The average Bonchev–Trinajstić information content (AvgIpc) is 2.38. The van der Waals surface area contributed by atoms with Crippen molar-refractivity contribution >= 4 is 21.8 Å². The van der Waals surface area contributed by atoms with Crippen molar-refractivity contribution in [3.63, 3.8) is 0 Å². The van der Waals surface area contributed by atoms with Gasteiger partial charge in [-0.15, -0.1) is 0 Å². The first kappa shape index (κ1) is 15.3. The van der Waals surface area contributed by atoms with Crippen LogP contribution in [-0.2, 0) is 0 Å². The Labute approximate surface area is 123 Å². The molecule has 1 heterocycles. The first-order valence-electron chi connectivity index (χ1n) is 6.38. The van der Waals surface area contributed by atoms with Crippen LogP contribution in [0.15, 0.2) is 22.8 Å². The molecule has 1 aromatic heterocycles. The standard InChI is InChI=1S/C13H14BrF3N2O/c14-11-7-3-6-10(18-11)12(20)19-9-5-2-1-4-8(9)13(15,16)17/h3,6-9H,1-2,4-5H2,(H,19,20). The number of hydrogen-bond donors (Lipinski definition) is 1. The van der Waals surface area contributed by atoms with Gasteiger partial charge in [-0.25, -0.2) is 4.98 Å². The number of nitrogens with one attached hydrogen (secondary N) is 1. The van der Waals surface area contributed by atoms with Crippen LogP contribution >= 0.6 is 15.9 Å². The Morgan fingerprint density at radius 3 is 2.65 bits per heavy atom. The van der Waals surface area contributed by atoms with Crippen LogP contribution in [-0.4, -0.2) is 23.1 Å². The second-order valence-electron chi connectivity index (χ2n) is 4.86. The van der Waals surface area contributed by atoms with Gasteiger partial charge < -0.3 is 5.32 Å². The van der Waals surface area contributed by atoms with E-state index in [0.29, 0.717) is 23.9 Å². The molecular weight excluding hydrogens is 337 g/mol. The van der Waals surface area contributed by atoms with E-state index < -0.39 is 24.0 Å². The van der Waals surface area contributed by atoms with Crippen LogP contribution in [0.4, 0.5) is 13.2 Å². The summed E-state index contributed by atoms with van der Waals surface area (Å²) < 4.78 is 39.3. The predicted octanol–water partition coefficient (Wildman–Crippen LogP) is 3.70. The molecular formula is C13H14BrF3N2O. The van der Waals surface area contributed by atoms with Gasteiger partial charge in [0, 0.05) is 6.04 Å². The second-order valence-corrected chi connectivity index (χ2v) is 5.67. The Morgan fingerprint density at radius 2 is 2.00 bits per heavy atom. The third kappa shape index (κ3) is 3.71. The number of pyridine rings is 1. The minimum atomic E-state index is -4.27. The molecule has 0 aliphatic heterocycles. The van der Waals surface area contributed by atoms with Crippen molar-refractivity contribution in [3.8, 4) is 0 Å². The highest BCUT2D eigenvalue weighted by Gasteiger charge is 2.46. The van der Waals surface area contributed by atoms with Gasteiger partial charge >= 0.3 is 6.18 Å². The van der Waals surface area contributed by atoms with Crippen LogP contribution in [0, 0.1) is 5.92 Å². The van der Waals surface area contributed by atoms with Gasteiger partial charge in [-0.2, -0.15) is 13.2 Å². The minimum absolute atomic E-state index is 0.0698. The highest BCUT2D eigenvalue weighted by Crippen LogP contribution is 2.37. The van der Waals surface area contributed by atoms with E-state index in [1.807, 2.05) is 0 Å². The highest BCUT2D eigenvalue weighted by molar-refractivity contribution is 9.10. The predicted molar refractivity (Wildman–Crippen MR) is 71.2 cm³/mol. The Balaban J connectivity index is 2.09. The van der Waals surface area contributed by atoms with Crippen LogP contribution < -0.4 is 5.32 Å². The van der Waals surface area contributed by atoms with Gasteiger partial charge in [0.05, 0.1) is 5.92 Å². The number of aromatic nitrogens is 1. The SMILES string of the molecule is O=C(NC1CCCCC1C(F)(F)F)c1cccc(Br)n1. The highest BCUT2D eigenvalue weighted by atomic mass is 79.9. The number of hydrogen-bond acceptors (Lipinski definition) is 2. The van der Waals surface area contributed by atoms with Crippen molar-refractivity contribution in [2.75, 3.05) is 0 Å². The molecule has 2 rings (SSSR count). The molecule has 0 saturated heterocycles. The van der Waals surface area contributed by atoms with Gasteiger partial charge in [0.15, 0.2) is 0 Å². The zero-order chi connectivity index (χ0) is 14.8. The summed E-state index contributed by atoms with van der Waals surface area (Å²) in [4.78, 5) is 15.9. The maximum atomic E-state index is 12.9. The molecule has 20 heavy (non-hydrogen) atoms. The number of amides is 1. The third-order valence-electron chi connectivity index (χ3n) is 3.45. The van der Waals surface area contributed by atoms with Crippen LogP contribution in [0.3, 0.4) is 0 Å². The molecule has 0 spiro atoms. The topological polar surface area (TPSA) is 42.0 Å². The summed E-state index contributed by atoms with van der Waals surface area (Å²) in [5.74, 6) is -2.03. The maximum absolute atomic E-state index is 12.9.